The second-order valence-electron chi connectivity index (χ2n) is 3.50. The Morgan fingerprint density at radius 3 is 2.79 bits per heavy atom. The predicted octanol–water partition coefficient (Wildman–Crippen LogP) is 2.89. The lowest BCUT2D eigenvalue weighted by Crippen LogP contribution is -2.40. The number of nitrogens with one attached hydrogen (secondary N) is 1. The third-order valence-electron chi connectivity index (χ3n) is 2.72. The smallest absolute Gasteiger partial charge is 0.186 e. The molecule has 0 radical (unpaired) electrons. The SMILES string of the molecule is CSC1(CNc2nsnc2Cl)CCC1. The molecular formula is C8H12ClN3S2. The van der Waals surface area contributed by atoms with Gasteiger partial charge in [-0.25, -0.2) is 0 Å². The van der Waals surface area contributed by atoms with Crippen molar-refractivity contribution in [3.05, 3.63) is 5.15 Å². The number of halogens is 1. The van der Waals surface area contributed by atoms with Crippen molar-refractivity contribution in [1.82, 2.24) is 8.75 Å². The first-order valence-electron chi connectivity index (χ1n) is 4.53. The highest BCUT2D eigenvalue weighted by atomic mass is 35.5. The van der Waals surface area contributed by atoms with Gasteiger partial charge in [-0.2, -0.15) is 20.5 Å². The van der Waals surface area contributed by atoms with E-state index < -0.39 is 0 Å². The number of rotatable bonds is 4. The minimum atomic E-state index is 0.410. The van der Waals surface area contributed by atoms with Crippen molar-refractivity contribution < 1.29 is 0 Å². The third kappa shape index (κ3) is 1.99. The quantitative estimate of drug-likeness (QED) is 0.891. The summed E-state index contributed by atoms with van der Waals surface area (Å²) in [5.74, 6) is 0.733. The van der Waals surface area contributed by atoms with E-state index in [0.717, 1.165) is 24.1 Å². The zero-order valence-corrected chi connectivity index (χ0v) is 10.3. The second kappa shape index (κ2) is 4.24. The first-order chi connectivity index (χ1) is 6.76. The molecule has 0 atom stereocenters. The Hall–Kier alpha value is -0.0000000000000000555. The van der Waals surface area contributed by atoms with Crippen LogP contribution in [0.25, 0.3) is 0 Å². The van der Waals surface area contributed by atoms with Crippen LogP contribution in [0, 0.1) is 0 Å². The Bertz CT molecular complexity index is 306. The molecule has 1 aliphatic rings. The molecule has 14 heavy (non-hydrogen) atoms. The fourth-order valence-electron chi connectivity index (χ4n) is 1.55. The number of hydrogen-bond acceptors (Lipinski definition) is 5. The molecule has 1 fully saturated rings. The number of anilines is 1. The summed E-state index contributed by atoms with van der Waals surface area (Å²) in [4.78, 5) is 0. The van der Waals surface area contributed by atoms with E-state index in [1.165, 1.54) is 19.3 Å². The van der Waals surface area contributed by atoms with E-state index in [2.05, 4.69) is 20.3 Å². The lowest BCUT2D eigenvalue weighted by molar-refractivity contribution is 0.379. The van der Waals surface area contributed by atoms with Gasteiger partial charge in [-0.1, -0.05) is 18.0 Å². The molecule has 1 aromatic heterocycles. The molecule has 1 aliphatic carbocycles. The monoisotopic (exact) mass is 249 g/mol. The minimum Gasteiger partial charge on any atom is -0.365 e. The van der Waals surface area contributed by atoms with Gasteiger partial charge in [0.1, 0.15) is 0 Å². The predicted molar refractivity (Wildman–Crippen MR) is 63.5 cm³/mol. The van der Waals surface area contributed by atoms with E-state index in [0.29, 0.717) is 9.90 Å². The highest BCUT2D eigenvalue weighted by Gasteiger charge is 2.36. The Morgan fingerprint density at radius 1 is 1.57 bits per heavy atom. The van der Waals surface area contributed by atoms with Crippen LogP contribution in [0.2, 0.25) is 5.15 Å². The van der Waals surface area contributed by atoms with Crippen LogP contribution in [0.5, 0.6) is 0 Å². The van der Waals surface area contributed by atoms with Gasteiger partial charge in [0.25, 0.3) is 0 Å². The van der Waals surface area contributed by atoms with Gasteiger partial charge in [-0.15, -0.1) is 0 Å². The molecule has 0 saturated heterocycles. The summed E-state index contributed by atoms with van der Waals surface area (Å²) in [6.45, 7) is 0.944. The molecule has 0 spiro atoms. The summed E-state index contributed by atoms with van der Waals surface area (Å²) in [6, 6.07) is 0. The van der Waals surface area contributed by atoms with Crippen molar-refractivity contribution in [2.24, 2.45) is 0 Å². The lowest BCUT2D eigenvalue weighted by atomic mass is 9.84. The highest BCUT2D eigenvalue weighted by Crippen LogP contribution is 2.42. The van der Waals surface area contributed by atoms with Gasteiger partial charge in [0.2, 0.25) is 0 Å². The zero-order chi connectivity index (χ0) is 10.0. The average molecular weight is 250 g/mol. The van der Waals surface area contributed by atoms with Gasteiger partial charge in [0.05, 0.1) is 11.7 Å². The van der Waals surface area contributed by atoms with Crippen molar-refractivity contribution >= 4 is 40.9 Å². The maximum absolute atomic E-state index is 5.84. The summed E-state index contributed by atoms with van der Waals surface area (Å²) in [5.41, 5.74) is 0. The van der Waals surface area contributed by atoms with Crippen LogP contribution in [0.1, 0.15) is 19.3 Å². The molecule has 1 saturated carbocycles. The molecule has 0 unspecified atom stereocenters. The Kier molecular flexibility index (Phi) is 3.19. The van der Waals surface area contributed by atoms with Crippen LogP contribution in [0.3, 0.4) is 0 Å². The molecule has 0 bridgehead atoms. The van der Waals surface area contributed by atoms with Gasteiger partial charge in [-0.05, 0) is 19.1 Å². The van der Waals surface area contributed by atoms with Gasteiger partial charge < -0.3 is 5.32 Å². The van der Waals surface area contributed by atoms with Crippen LogP contribution in [0.15, 0.2) is 0 Å². The van der Waals surface area contributed by atoms with Crippen molar-refractivity contribution in [3.63, 3.8) is 0 Å². The Labute approximate surface area is 97.0 Å². The van der Waals surface area contributed by atoms with Crippen LogP contribution in [-0.4, -0.2) is 26.3 Å². The largest absolute Gasteiger partial charge is 0.365 e. The summed E-state index contributed by atoms with van der Waals surface area (Å²) in [6.07, 6.45) is 6.08. The normalized spacial score (nSPS) is 19.0. The molecular weight excluding hydrogens is 238 g/mol. The Morgan fingerprint density at radius 2 is 2.36 bits per heavy atom. The number of hydrogen-bond donors (Lipinski definition) is 1. The molecule has 2 rings (SSSR count). The van der Waals surface area contributed by atoms with Crippen LogP contribution in [-0.2, 0) is 0 Å². The van der Waals surface area contributed by atoms with E-state index in [-0.39, 0.29) is 0 Å². The summed E-state index contributed by atoms with van der Waals surface area (Å²) in [5, 5.41) is 3.76. The second-order valence-corrected chi connectivity index (χ2v) is 5.66. The fraction of sp³-hybridized carbons (Fsp3) is 0.750. The van der Waals surface area contributed by atoms with E-state index in [1.54, 1.807) is 0 Å². The van der Waals surface area contributed by atoms with E-state index in [4.69, 9.17) is 11.6 Å². The number of nitrogens with zero attached hydrogens (tertiary/aromatic N) is 2. The van der Waals surface area contributed by atoms with Gasteiger partial charge in [0, 0.05) is 11.3 Å². The highest BCUT2D eigenvalue weighted by molar-refractivity contribution is 8.00. The third-order valence-corrected chi connectivity index (χ3v) is 5.04. The van der Waals surface area contributed by atoms with Gasteiger partial charge in [-0.3, -0.25) is 0 Å². The van der Waals surface area contributed by atoms with Gasteiger partial charge in [0.15, 0.2) is 11.0 Å². The molecule has 0 aliphatic heterocycles. The van der Waals surface area contributed by atoms with Crippen molar-refractivity contribution in [1.29, 1.82) is 0 Å². The zero-order valence-electron chi connectivity index (χ0n) is 7.92. The van der Waals surface area contributed by atoms with Crippen LogP contribution in [0.4, 0.5) is 5.82 Å². The first kappa shape index (κ1) is 10.5. The molecule has 1 aromatic rings. The number of aromatic nitrogens is 2. The summed E-state index contributed by atoms with van der Waals surface area (Å²) < 4.78 is 8.41. The van der Waals surface area contributed by atoms with E-state index in [9.17, 15) is 0 Å². The topological polar surface area (TPSA) is 37.8 Å². The fourth-order valence-corrected chi connectivity index (χ4v) is 3.15. The average Bonchev–Trinajstić information content (AvgIpc) is 2.51. The van der Waals surface area contributed by atoms with Gasteiger partial charge >= 0.3 is 0 Å². The molecule has 6 heteroatoms. The van der Waals surface area contributed by atoms with Crippen molar-refractivity contribution in [3.8, 4) is 0 Å². The van der Waals surface area contributed by atoms with Crippen LogP contribution < -0.4 is 5.32 Å². The maximum atomic E-state index is 5.84. The maximum Gasteiger partial charge on any atom is 0.186 e. The van der Waals surface area contributed by atoms with Crippen molar-refractivity contribution in [2.75, 3.05) is 18.1 Å². The molecule has 78 valence electrons. The van der Waals surface area contributed by atoms with E-state index in [1.807, 2.05) is 11.8 Å². The number of thioether (sulfide) groups is 1. The van der Waals surface area contributed by atoms with E-state index >= 15 is 0 Å². The van der Waals surface area contributed by atoms with Crippen LogP contribution >= 0.6 is 35.1 Å². The molecule has 0 aromatic carbocycles. The molecule has 3 nitrogen and oxygen atoms in total. The minimum absolute atomic E-state index is 0.410. The molecule has 1 N–H and O–H groups in total. The lowest BCUT2D eigenvalue weighted by Gasteiger charge is -2.40. The first-order valence-corrected chi connectivity index (χ1v) is 6.86. The summed E-state index contributed by atoms with van der Waals surface area (Å²) >= 11 is 8.93. The molecule has 1 heterocycles. The standard InChI is InChI=1S/C8H12ClN3S2/c1-13-8(3-2-4-8)5-10-7-6(9)11-14-12-7/h2-5H2,1H3,(H,10,12). The molecule has 0 amide bonds. The Balaban J connectivity index is 1.90. The summed E-state index contributed by atoms with van der Waals surface area (Å²) in [7, 11) is 0. The van der Waals surface area contributed by atoms with Crippen molar-refractivity contribution in [2.45, 2.75) is 24.0 Å².